The fourth-order valence-corrected chi connectivity index (χ4v) is 4.04. The minimum absolute atomic E-state index is 0.277. The van der Waals surface area contributed by atoms with Crippen molar-refractivity contribution < 1.29 is 9.69 Å². The lowest BCUT2D eigenvalue weighted by molar-refractivity contribution is -0.917. The summed E-state index contributed by atoms with van der Waals surface area (Å²) in [6.45, 7) is 9.07. The molecule has 2 heterocycles. The number of nitrogens with one attached hydrogen (secondary N) is 1. The molecule has 6 heteroatoms. The first-order chi connectivity index (χ1) is 14.1. The third-order valence-corrected chi connectivity index (χ3v) is 6.08. The van der Waals surface area contributed by atoms with Crippen LogP contribution in [0, 0.1) is 0 Å². The second-order valence-corrected chi connectivity index (χ2v) is 8.60. The van der Waals surface area contributed by atoms with Crippen molar-refractivity contribution in [3.05, 3.63) is 53.9 Å². The van der Waals surface area contributed by atoms with Crippen LogP contribution in [-0.4, -0.2) is 59.5 Å². The standard InChI is InChI=1S/C23H31N5O/c1-18(2)20-6-4-19(5-7-20)16-28(21-8-9-21)17-22(29)26-12-14-27(15-13-26)23-24-10-3-11-25-23/h3-7,10-11,18,21H,8-9,12-17H2,1-2H3/p+1. The van der Waals surface area contributed by atoms with Crippen LogP contribution in [-0.2, 0) is 11.3 Å². The number of anilines is 1. The highest BCUT2D eigenvalue weighted by molar-refractivity contribution is 5.77. The van der Waals surface area contributed by atoms with Crippen LogP contribution in [0.3, 0.4) is 0 Å². The molecule has 29 heavy (non-hydrogen) atoms. The highest BCUT2D eigenvalue weighted by Crippen LogP contribution is 2.17. The van der Waals surface area contributed by atoms with Gasteiger partial charge in [0.05, 0.1) is 6.04 Å². The SMILES string of the molecule is CC(C)c1ccc(C[NH+](CC(=O)N2CCN(c3ncccn3)CC2)C2CC2)cc1. The molecular formula is C23H32N5O+. The number of amides is 1. The largest absolute Gasteiger partial charge is 0.337 e. The molecule has 6 nitrogen and oxygen atoms in total. The number of nitrogens with zero attached hydrogens (tertiary/aromatic N) is 4. The minimum atomic E-state index is 0.277. The molecule has 1 aromatic heterocycles. The van der Waals surface area contributed by atoms with Crippen LogP contribution in [0.5, 0.6) is 0 Å². The molecule has 0 spiro atoms. The molecule has 0 bridgehead atoms. The molecule has 1 unspecified atom stereocenters. The highest BCUT2D eigenvalue weighted by atomic mass is 16.2. The summed E-state index contributed by atoms with van der Waals surface area (Å²) in [5.41, 5.74) is 2.70. The van der Waals surface area contributed by atoms with Crippen LogP contribution in [0.25, 0.3) is 0 Å². The van der Waals surface area contributed by atoms with E-state index in [1.54, 1.807) is 12.4 Å². The lowest BCUT2D eigenvalue weighted by atomic mass is 10.0. The van der Waals surface area contributed by atoms with Gasteiger partial charge in [-0.1, -0.05) is 38.1 Å². The lowest BCUT2D eigenvalue weighted by Gasteiger charge is -2.35. The van der Waals surface area contributed by atoms with Gasteiger partial charge in [-0.2, -0.15) is 0 Å². The molecule has 154 valence electrons. The number of aromatic nitrogens is 2. The Morgan fingerprint density at radius 2 is 1.72 bits per heavy atom. The van der Waals surface area contributed by atoms with Gasteiger partial charge in [0.25, 0.3) is 5.91 Å². The van der Waals surface area contributed by atoms with E-state index >= 15 is 0 Å². The Kier molecular flexibility index (Phi) is 6.09. The predicted octanol–water partition coefficient (Wildman–Crippen LogP) is 1.50. The van der Waals surface area contributed by atoms with Crippen LogP contribution in [0.4, 0.5) is 5.95 Å². The number of hydrogen-bond donors (Lipinski definition) is 1. The van der Waals surface area contributed by atoms with E-state index in [2.05, 4.69) is 53.0 Å². The molecule has 1 amide bonds. The second-order valence-electron chi connectivity index (χ2n) is 8.60. The Bertz CT molecular complexity index is 796. The van der Waals surface area contributed by atoms with Crippen LogP contribution in [0.2, 0.25) is 0 Å². The second kappa shape index (κ2) is 8.91. The number of carbonyl (C=O) groups excluding carboxylic acids is 1. The van der Waals surface area contributed by atoms with Crippen molar-refractivity contribution in [2.24, 2.45) is 0 Å². The van der Waals surface area contributed by atoms with Gasteiger partial charge in [-0.3, -0.25) is 4.79 Å². The van der Waals surface area contributed by atoms with Crippen molar-refractivity contribution in [3.8, 4) is 0 Å². The van der Waals surface area contributed by atoms with Gasteiger partial charge in [0.1, 0.15) is 6.54 Å². The van der Waals surface area contributed by atoms with Crippen LogP contribution in [0.15, 0.2) is 42.7 Å². The molecule has 0 radical (unpaired) electrons. The number of hydrogen-bond acceptors (Lipinski definition) is 4. The Labute approximate surface area is 173 Å². The van der Waals surface area contributed by atoms with Gasteiger partial charge in [0, 0.05) is 57.0 Å². The van der Waals surface area contributed by atoms with Crippen molar-refractivity contribution in [2.75, 3.05) is 37.6 Å². The normalized spacial score (nSPS) is 18.2. The van der Waals surface area contributed by atoms with Gasteiger partial charge < -0.3 is 14.7 Å². The summed E-state index contributed by atoms with van der Waals surface area (Å²) in [4.78, 5) is 27.2. The fraction of sp³-hybridized carbons (Fsp3) is 0.522. The summed E-state index contributed by atoms with van der Waals surface area (Å²) in [6, 6.07) is 11.4. The molecule has 1 N–H and O–H groups in total. The van der Waals surface area contributed by atoms with Crippen molar-refractivity contribution in [2.45, 2.75) is 45.2 Å². The van der Waals surface area contributed by atoms with Gasteiger partial charge in [0.2, 0.25) is 5.95 Å². The molecule has 1 saturated carbocycles. The summed E-state index contributed by atoms with van der Waals surface area (Å²) in [5, 5.41) is 0. The number of carbonyl (C=O) groups is 1. The Morgan fingerprint density at radius 1 is 1.07 bits per heavy atom. The third-order valence-electron chi connectivity index (χ3n) is 6.08. The highest BCUT2D eigenvalue weighted by Gasteiger charge is 2.36. The maximum Gasteiger partial charge on any atom is 0.277 e. The molecule has 1 atom stereocenters. The zero-order chi connectivity index (χ0) is 20.2. The lowest BCUT2D eigenvalue weighted by Crippen LogP contribution is -3.13. The quantitative estimate of drug-likeness (QED) is 0.773. The molecular weight excluding hydrogens is 362 g/mol. The fourth-order valence-electron chi connectivity index (χ4n) is 4.04. The van der Waals surface area contributed by atoms with Gasteiger partial charge in [-0.25, -0.2) is 9.97 Å². The first-order valence-corrected chi connectivity index (χ1v) is 10.8. The molecule has 2 aliphatic rings. The maximum atomic E-state index is 13.0. The summed E-state index contributed by atoms with van der Waals surface area (Å²) in [5.74, 6) is 1.59. The zero-order valence-corrected chi connectivity index (χ0v) is 17.6. The number of rotatable bonds is 7. The number of quaternary nitrogens is 1. The third kappa shape index (κ3) is 5.12. The van der Waals surface area contributed by atoms with E-state index in [1.807, 2.05) is 11.0 Å². The summed E-state index contributed by atoms with van der Waals surface area (Å²) >= 11 is 0. The average molecular weight is 395 g/mol. The van der Waals surface area contributed by atoms with E-state index in [9.17, 15) is 4.79 Å². The van der Waals surface area contributed by atoms with Crippen molar-refractivity contribution in [3.63, 3.8) is 0 Å². The summed E-state index contributed by atoms with van der Waals surface area (Å²) in [7, 11) is 0. The van der Waals surface area contributed by atoms with Crippen molar-refractivity contribution in [1.29, 1.82) is 0 Å². The molecule has 1 aliphatic heterocycles. The summed E-state index contributed by atoms with van der Waals surface area (Å²) in [6.07, 6.45) is 6.02. The van der Waals surface area contributed by atoms with Gasteiger partial charge in [0.15, 0.2) is 6.54 Å². The van der Waals surface area contributed by atoms with E-state index in [-0.39, 0.29) is 5.91 Å². The first kappa shape index (κ1) is 19.8. The maximum absolute atomic E-state index is 13.0. The Balaban J connectivity index is 1.31. The topological polar surface area (TPSA) is 53.8 Å². The van der Waals surface area contributed by atoms with Gasteiger partial charge in [-0.15, -0.1) is 0 Å². The van der Waals surface area contributed by atoms with Gasteiger partial charge in [-0.05, 0) is 17.5 Å². The first-order valence-electron chi connectivity index (χ1n) is 10.8. The molecule has 1 aliphatic carbocycles. The zero-order valence-electron chi connectivity index (χ0n) is 17.6. The van der Waals surface area contributed by atoms with Crippen LogP contribution in [0.1, 0.15) is 43.7 Å². The minimum Gasteiger partial charge on any atom is -0.337 e. The molecule has 4 rings (SSSR count). The molecule has 2 aromatic rings. The molecule has 2 fully saturated rings. The van der Waals surface area contributed by atoms with Gasteiger partial charge >= 0.3 is 0 Å². The summed E-state index contributed by atoms with van der Waals surface area (Å²) < 4.78 is 0. The average Bonchev–Trinajstić information content (AvgIpc) is 3.60. The van der Waals surface area contributed by atoms with E-state index in [4.69, 9.17) is 0 Å². The predicted molar refractivity (Wildman–Crippen MR) is 114 cm³/mol. The van der Waals surface area contributed by atoms with E-state index in [0.29, 0.717) is 18.5 Å². The molecule has 1 aromatic carbocycles. The van der Waals surface area contributed by atoms with E-state index in [1.165, 1.54) is 28.9 Å². The van der Waals surface area contributed by atoms with E-state index in [0.717, 1.165) is 38.7 Å². The Morgan fingerprint density at radius 3 is 2.31 bits per heavy atom. The van der Waals surface area contributed by atoms with Crippen molar-refractivity contribution in [1.82, 2.24) is 14.9 Å². The number of piperazine rings is 1. The number of benzene rings is 1. The van der Waals surface area contributed by atoms with Crippen LogP contribution < -0.4 is 9.80 Å². The Hall–Kier alpha value is -2.47. The van der Waals surface area contributed by atoms with E-state index < -0.39 is 0 Å². The van der Waals surface area contributed by atoms with Crippen molar-refractivity contribution >= 4 is 11.9 Å². The van der Waals surface area contributed by atoms with Crippen LogP contribution >= 0.6 is 0 Å². The monoisotopic (exact) mass is 394 g/mol. The molecule has 1 saturated heterocycles. The smallest absolute Gasteiger partial charge is 0.277 e.